The third kappa shape index (κ3) is 3.76. The molecule has 2 saturated heterocycles. The van der Waals surface area contributed by atoms with Gasteiger partial charge in [-0.1, -0.05) is 6.92 Å². The first-order chi connectivity index (χ1) is 13.8. The molecule has 1 aromatic heterocycles. The maximum Gasteiger partial charge on any atom is 0.326 e. The summed E-state index contributed by atoms with van der Waals surface area (Å²) in [5.41, 5.74) is -0.741. The first kappa shape index (κ1) is 20.2. The molecule has 0 radical (unpaired) electrons. The molecular weight excluding hydrogens is 394 g/mol. The van der Waals surface area contributed by atoms with E-state index in [2.05, 4.69) is 17.2 Å². The standard InChI is InChI=1S/C19H27N5O4S/c1-15-4-6-19(7-5-15)17(25)24(18(26)21-19)14-22-9-11-23(12-10-22)29(27,28)16-3-2-8-20-13-16/h2-3,8,13,15H,4-7,9-12,14H2,1H3,(H,21,26). The van der Waals surface area contributed by atoms with Crippen molar-refractivity contribution >= 4 is 22.0 Å². The normalized spacial score (nSPS) is 29.4. The van der Waals surface area contributed by atoms with Crippen LogP contribution in [0, 0.1) is 5.92 Å². The van der Waals surface area contributed by atoms with Crippen LogP contribution >= 0.6 is 0 Å². The number of amides is 3. The van der Waals surface area contributed by atoms with E-state index in [1.165, 1.54) is 27.7 Å². The smallest absolute Gasteiger partial charge is 0.323 e. The molecule has 4 rings (SSSR count). The number of carbonyl (C=O) groups is 2. The molecule has 0 unspecified atom stereocenters. The number of aromatic nitrogens is 1. The average Bonchev–Trinajstić information content (AvgIpc) is 2.95. The van der Waals surface area contributed by atoms with Crippen LogP contribution in [0.25, 0.3) is 0 Å². The molecule has 1 spiro atoms. The number of pyridine rings is 1. The number of hydrogen-bond donors (Lipinski definition) is 1. The van der Waals surface area contributed by atoms with Crippen molar-refractivity contribution in [3.63, 3.8) is 0 Å². The van der Waals surface area contributed by atoms with Crippen molar-refractivity contribution in [3.8, 4) is 0 Å². The number of nitrogens with one attached hydrogen (secondary N) is 1. The molecule has 1 saturated carbocycles. The van der Waals surface area contributed by atoms with E-state index in [4.69, 9.17) is 0 Å². The molecule has 29 heavy (non-hydrogen) atoms. The summed E-state index contributed by atoms with van der Waals surface area (Å²) >= 11 is 0. The number of rotatable bonds is 4. The first-order valence-electron chi connectivity index (χ1n) is 10.1. The van der Waals surface area contributed by atoms with Crippen molar-refractivity contribution in [2.45, 2.75) is 43.0 Å². The number of hydrogen-bond acceptors (Lipinski definition) is 6. The Balaban J connectivity index is 1.36. The highest BCUT2D eigenvalue weighted by Gasteiger charge is 2.52. The Labute approximate surface area is 171 Å². The zero-order chi connectivity index (χ0) is 20.6. The van der Waals surface area contributed by atoms with Gasteiger partial charge in [0.25, 0.3) is 5.91 Å². The lowest BCUT2D eigenvalue weighted by molar-refractivity contribution is -0.134. The fourth-order valence-corrected chi connectivity index (χ4v) is 5.75. The van der Waals surface area contributed by atoms with Crippen molar-refractivity contribution in [1.82, 2.24) is 24.4 Å². The fourth-order valence-electron chi connectivity index (χ4n) is 4.36. The number of piperazine rings is 1. The van der Waals surface area contributed by atoms with Gasteiger partial charge in [-0.25, -0.2) is 18.1 Å². The summed E-state index contributed by atoms with van der Waals surface area (Å²) in [5, 5.41) is 2.93. The molecule has 0 bridgehead atoms. The summed E-state index contributed by atoms with van der Waals surface area (Å²) in [7, 11) is -3.58. The third-order valence-corrected chi connectivity index (χ3v) is 8.20. The highest BCUT2D eigenvalue weighted by Crippen LogP contribution is 2.36. The van der Waals surface area contributed by atoms with Crippen molar-refractivity contribution in [1.29, 1.82) is 0 Å². The molecule has 10 heteroatoms. The Kier molecular flexibility index (Phi) is 5.34. The van der Waals surface area contributed by atoms with Gasteiger partial charge in [-0.15, -0.1) is 0 Å². The lowest BCUT2D eigenvalue weighted by Crippen LogP contribution is -2.53. The van der Waals surface area contributed by atoms with Crippen LogP contribution in [0.15, 0.2) is 29.4 Å². The van der Waals surface area contributed by atoms with Gasteiger partial charge in [0, 0.05) is 38.6 Å². The maximum absolute atomic E-state index is 13.0. The van der Waals surface area contributed by atoms with E-state index < -0.39 is 15.6 Å². The molecule has 3 heterocycles. The minimum absolute atomic E-state index is 0.139. The Morgan fingerprint density at radius 1 is 1.17 bits per heavy atom. The quantitative estimate of drug-likeness (QED) is 0.723. The highest BCUT2D eigenvalue weighted by molar-refractivity contribution is 7.89. The van der Waals surface area contributed by atoms with Crippen molar-refractivity contribution < 1.29 is 18.0 Å². The van der Waals surface area contributed by atoms with Gasteiger partial charge in [-0.2, -0.15) is 4.31 Å². The molecule has 1 aliphatic carbocycles. The summed E-state index contributed by atoms with van der Waals surface area (Å²) in [6.45, 7) is 3.90. The maximum atomic E-state index is 13.0. The molecule has 158 valence electrons. The molecular formula is C19H27N5O4S. The topological polar surface area (TPSA) is 103 Å². The lowest BCUT2D eigenvalue weighted by Gasteiger charge is -2.36. The van der Waals surface area contributed by atoms with Gasteiger partial charge in [-0.05, 0) is 43.7 Å². The van der Waals surface area contributed by atoms with E-state index in [-0.39, 0.29) is 23.5 Å². The van der Waals surface area contributed by atoms with E-state index in [0.29, 0.717) is 44.9 Å². The molecule has 0 aromatic carbocycles. The van der Waals surface area contributed by atoms with Crippen LogP contribution < -0.4 is 5.32 Å². The van der Waals surface area contributed by atoms with Gasteiger partial charge in [0.1, 0.15) is 10.4 Å². The number of sulfonamides is 1. The highest BCUT2D eigenvalue weighted by atomic mass is 32.2. The number of carbonyl (C=O) groups excluding carboxylic acids is 2. The Morgan fingerprint density at radius 2 is 1.86 bits per heavy atom. The van der Waals surface area contributed by atoms with E-state index in [0.717, 1.165) is 12.8 Å². The van der Waals surface area contributed by atoms with Gasteiger partial charge >= 0.3 is 6.03 Å². The second kappa shape index (κ2) is 7.66. The molecule has 2 aliphatic heterocycles. The summed E-state index contributed by atoms with van der Waals surface area (Å²) in [6, 6.07) is 2.80. The Bertz CT molecular complexity index is 875. The predicted molar refractivity (Wildman–Crippen MR) is 105 cm³/mol. The van der Waals surface area contributed by atoms with Gasteiger partial charge in [0.2, 0.25) is 10.0 Å². The molecule has 1 aromatic rings. The van der Waals surface area contributed by atoms with Crippen LogP contribution in [-0.4, -0.2) is 77.8 Å². The molecule has 3 aliphatic rings. The van der Waals surface area contributed by atoms with E-state index in [1.54, 1.807) is 6.07 Å². The predicted octanol–water partition coefficient (Wildman–Crippen LogP) is 0.846. The molecule has 3 amide bonds. The summed E-state index contributed by atoms with van der Waals surface area (Å²) in [6.07, 6.45) is 6.13. The number of urea groups is 1. The second-order valence-corrected chi connectivity index (χ2v) is 10.2. The van der Waals surface area contributed by atoms with Crippen molar-refractivity contribution in [3.05, 3.63) is 24.5 Å². The van der Waals surface area contributed by atoms with Crippen LogP contribution in [0.3, 0.4) is 0 Å². The summed E-state index contributed by atoms with van der Waals surface area (Å²) in [5.74, 6) is 0.439. The average molecular weight is 422 g/mol. The SMILES string of the molecule is CC1CCC2(CC1)NC(=O)N(CN1CCN(S(=O)(=O)c3cccnc3)CC1)C2=O. The molecule has 0 atom stereocenters. The minimum Gasteiger partial charge on any atom is -0.323 e. The van der Waals surface area contributed by atoms with Gasteiger partial charge in [0.15, 0.2) is 0 Å². The van der Waals surface area contributed by atoms with Crippen LogP contribution in [-0.2, 0) is 14.8 Å². The van der Waals surface area contributed by atoms with E-state index in [1.807, 2.05) is 4.90 Å². The van der Waals surface area contributed by atoms with Gasteiger partial charge in [0.05, 0.1) is 6.67 Å². The van der Waals surface area contributed by atoms with Crippen LogP contribution in [0.4, 0.5) is 4.79 Å². The van der Waals surface area contributed by atoms with Gasteiger partial charge < -0.3 is 5.32 Å². The van der Waals surface area contributed by atoms with E-state index >= 15 is 0 Å². The monoisotopic (exact) mass is 421 g/mol. The fraction of sp³-hybridized carbons (Fsp3) is 0.632. The Hall–Kier alpha value is -2.04. The zero-order valence-electron chi connectivity index (χ0n) is 16.6. The molecule has 1 N–H and O–H groups in total. The first-order valence-corrected chi connectivity index (χ1v) is 11.5. The minimum atomic E-state index is -3.58. The van der Waals surface area contributed by atoms with Crippen LogP contribution in [0.2, 0.25) is 0 Å². The summed E-state index contributed by atoms with van der Waals surface area (Å²) < 4.78 is 26.8. The zero-order valence-corrected chi connectivity index (χ0v) is 17.4. The number of imide groups is 1. The molecule has 3 fully saturated rings. The van der Waals surface area contributed by atoms with Crippen molar-refractivity contribution in [2.24, 2.45) is 5.92 Å². The lowest BCUT2D eigenvalue weighted by atomic mass is 9.77. The second-order valence-electron chi connectivity index (χ2n) is 8.28. The largest absolute Gasteiger partial charge is 0.326 e. The number of nitrogens with zero attached hydrogens (tertiary/aromatic N) is 4. The van der Waals surface area contributed by atoms with Crippen molar-refractivity contribution in [2.75, 3.05) is 32.8 Å². The van der Waals surface area contributed by atoms with Crippen LogP contribution in [0.5, 0.6) is 0 Å². The van der Waals surface area contributed by atoms with E-state index in [9.17, 15) is 18.0 Å². The van der Waals surface area contributed by atoms with Gasteiger partial charge in [-0.3, -0.25) is 14.7 Å². The third-order valence-electron chi connectivity index (χ3n) is 6.32. The Morgan fingerprint density at radius 3 is 2.48 bits per heavy atom. The summed E-state index contributed by atoms with van der Waals surface area (Å²) in [4.78, 5) is 32.8. The van der Waals surface area contributed by atoms with Crippen LogP contribution in [0.1, 0.15) is 32.6 Å². The molecule has 9 nitrogen and oxygen atoms in total.